The van der Waals surface area contributed by atoms with Crippen molar-refractivity contribution in [3.8, 4) is 11.5 Å². The van der Waals surface area contributed by atoms with Crippen LogP contribution in [0.2, 0.25) is 5.02 Å². The van der Waals surface area contributed by atoms with Gasteiger partial charge >= 0.3 is 0 Å². The predicted molar refractivity (Wildman–Crippen MR) is 125 cm³/mol. The van der Waals surface area contributed by atoms with Gasteiger partial charge in [0.05, 0.1) is 7.11 Å². The second kappa shape index (κ2) is 9.88. The predicted octanol–water partition coefficient (Wildman–Crippen LogP) is 6.16. The standard InChI is InChI=1S/C26H28ClNO3/c1-26(2,3)21-10-12-22(13-11-21)31-17-20-15-18(9-14-24(20)30-4)25(29)28-16-19-7-5-6-8-23(19)27/h5-15H,16-17H2,1-4H3,(H,28,29). The summed E-state index contributed by atoms with van der Waals surface area (Å²) in [6, 6.07) is 20.8. The molecule has 0 fully saturated rings. The van der Waals surface area contributed by atoms with Gasteiger partial charge < -0.3 is 14.8 Å². The Balaban J connectivity index is 1.68. The molecule has 0 unspecified atom stereocenters. The molecule has 31 heavy (non-hydrogen) atoms. The lowest BCUT2D eigenvalue weighted by Gasteiger charge is -2.19. The van der Waals surface area contributed by atoms with Crippen LogP contribution in [0.25, 0.3) is 0 Å². The second-order valence-electron chi connectivity index (χ2n) is 8.36. The fourth-order valence-electron chi connectivity index (χ4n) is 3.16. The van der Waals surface area contributed by atoms with Crippen LogP contribution in [0.3, 0.4) is 0 Å². The molecule has 3 rings (SSSR count). The molecule has 0 bridgehead atoms. The fraction of sp³-hybridized carbons (Fsp3) is 0.269. The van der Waals surface area contributed by atoms with Crippen molar-refractivity contribution in [1.29, 1.82) is 0 Å². The normalized spacial score (nSPS) is 11.1. The van der Waals surface area contributed by atoms with E-state index in [4.69, 9.17) is 21.1 Å². The van der Waals surface area contributed by atoms with E-state index in [1.807, 2.05) is 30.3 Å². The SMILES string of the molecule is COc1ccc(C(=O)NCc2ccccc2Cl)cc1COc1ccc(C(C)(C)C)cc1. The zero-order valence-corrected chi connectivity index (χ0v) is 19.1. The lowest BCUT2D eigenvalue weighted by Crippen LogP contribution is -2.23. The Morgan fingerprint density at radius 3 is 2.32 bits per heavy atom. The van der Waals surface area contributed by atoms with Crippen LogP contribution in [-0.2, 0) is 18.6 Å². The number of carbonyl (C=O) groups excluding carboxylic acids is 1. The van der Waals surface area contributed by atoms with E-state index in [1.165, 1.54) is 5.56 Å². The molecule has 1 N–H and O–H groups in total. The number of nitrogens with one attached hydrogen (secondary N) is 1. The highest BCUT2D eigenvalue weighted by Gasteiger charge is 2.14. The van der Waals surface area contributed by atoms with Crippen molar-refractivity contribution in [2.24, 2.45) is 0 Å². The minimum atomic E-state index is -0.182. The highest BCUT2D eigenvalue weighted by atomic mass is 35.5. The third-order valence-electron chi connectivity index (χ3n) is 5.05. The molecule has 4 nitrogen and oxygen atoms in total. The smallest absolute Gasteiger partial charge is 0.251 e. The van der Waals surface area contributed by atoms with Gasteiger partial charge in [0.2, 0.25) is 0 Å². The fourth-order valence-corrected chi connectivity index (χ4v) is 3.37. The summed E-state index contributed by atoms with van der Waals surface area (Å²) in [5.41, 5.74) is 3.54. The van der Waals surface area contributed by atoms with E-state index in [0.717, 1.165) is 16.9 Å². The third kappa shape index (κ3) is 6.02. The first-order valence-corrected chi connectivity index (χ1v) is 10.6. The van der Waals surface area contributed by atoms with E-state index in [9.17, 15) is 4.79 Å². The van der Waals surface area contributed by atoms with Gasteiger partial charge in [0.1, 0.15) is 18.1 Å². The first kappa shape index (κ1) is 22.7. The van der Waals surface area contributed by atoms with E-state index in [2.05, 4.69) is 38.2 Å². The Kier molecular flexibility index (Phi) is 7.24. The molecule has 0 aliphatic heterocycles. The molecule has 162 valence electrons. The first-order chi connectivity index (χ1) is 14.8. The van der Waals surface area contributed by atoms with Crippen LogP contribution in [0.5, 0.6) is 11.5 Å². The highest BCUT2D eigenvalue weighted by Crippen LogP contribution is 2.26. The maximum absolute atomic E-state index is 12.7. The molecule has 0 aliphatic rings. The number of hydrogen-bond donors (Lipinski definition) is 1. The summed E-state index contributed by atoms with van der Waals surface area (Å²) < 4.78 is 11.4. The molecule has 0 aromatic heterocycles. The monoisotopic (exact) mass is 437 g/mol. The van der Waals surface area contributed by atoms with Crippen LogP contribution in [0.15, 0.2) is 66.7 Å². The Morgan fingerprint density at radius 2 is 1.68 bits per heavy atom. The topological polar surface area (TPSA) is 47.6 Å². The second-order valence-corrected chi connectivity index (χ2v) is 8.77. The zero-order chi connectivity index (χ0) is 22.4. The Hall–Kier alpha value is -2.98. The zero-order valence-electron chi connectivity index (χ0n) is 18.4. The lowest BCUT2D eigenvalue weighted by molar-refractivity contribution is 0.0950. The molecule has 0 saturated carbocycles. The Bertz CT molecular complexity index is 1040. The van der Waals surface area contributed by atoms with Gasteiger partial charge in [0.15, 0.2) is 0 Å². The number of hydrogen-bond acceptors (Lipinski definition) is 3. The molecule has 0 radical (unpaired) electrons. The first-order valence-electron chi connectivity index (χ1n) is 10.2. The molecule has 0 spiro atoms. The molecule has 0 aliphatic carbocycles. The molecule has 1 amide bonds. The molecule has 3 aromatic carbocycles. The minimum absolute atomic E-state index is 0.0907. The van der Waals surface area contributed by atoms with Gasteiger partial charge in [0, 0.05) is 22.7 Å². The Labute approximate surface area is 189 Å². The van der Waals surface area contributed by atoms with Crippen molar-refractivity contribution in [2.75, 3.05) is 7.11 Å². The van der Waals surface area contributed by atoms with Crippen molar-refractivity contribution in [3.05, 3.63) is 94.0 Å². The van der Waals surface area contributed by atoms with Gasteiger partial charge in [-0.15, -0.1) is 0 Å². The van der Waals surface area contributed by atoms with Crippen LogP contribution in [-0.4, -0.2) is 13.0 Å². The average Bonchev–Trinajstić information content (AvgIpc) is 2.76. The number of methoxy groups -OCH3 is 1. The molecular formula is C26H28ClNO3. The van der Waals surface area contributed by atoms with E-state index >= 15 is 0 Å². The summed E-state index contributed by atoms with van der Waals surface area (Å²) in [4.78, 5) is 12.7. The molecule has 5 heteroatoms. The molecule has 0 saturated heterocycles. The van der Waals surface area contributed by atoms with Gasteiger partial charge in [0.25, 0.3) is 5.91 Å². The number of benzene rings is 3. The van der Waals surface area contributed by atoms with Gasteiger partial charge in [-0.2, -0.15) is 0 Å². The van der Waals surface area contributed by atoms with Crippen molar-refractivity contribution >= 4 is 17.5 Å². The maximum Gasteiger partial charge on any atom is 0.251 e. The number of ether oxygens (including phenoxy) is 2. The van der Waals surface area contributed by atoms with Gasteiger partial charge in [-0.1, -0.05) is 62.7 Å². The molecule has 0 atom stereocenters. The molecular weight excluding hydrogens is 410 g/mol. The summed E-state index contributed by atoms with van der Waals surface area (Å²) in [5, 5.41) is 3.54. The van der Waals surface area contributed by atoms with Crippen molar-refractivity contribution < 1.29 is 14.3 Å². The Morgan fingerprint density at radius 1 is 0.968 bits per heavy atom. The summed E-state index contributed by atoms with van der Waals surface area (Å²) >= 11 is 6.17. The minimum Gasteiger partial charge on any atom is -0.496 e. The lowest BCUT2D eigenvalue weighted by atomic mass is 9.87. The van der Waals surface area contributed by atoms with E-state index in [-0.39, 0.29) is 11.3 Å². The van der Waals surface area contributed by atoms with Gasteiger partial charge in [-0.05, 0) is 52.9 Å². The van der Waals surface area contributed by atoms with Crippen LogP contribution < -0.4 is 14.8 Å². The van der Waals surface area contributed by atoms with E-state index in [0.29, 0.717) is 29.5 Å². The van der Waals surface area contributed by atoms with Crippen LogP contribution >= 0.6 is 11.6 Å². The average molecular weight is 438 g/mol. The van der Waals surface area contributed by atoms with Crippen molar-refractivity contribution in [1.82, 2.24) is 5.32 Å². The summed E-state index contributed by atoms with van der Waals surface area (Å²) in [7, 11) is 1.61. The van der Waals surface area contributed by atoms with Crippen molar-refractivity contribution in [3.63, 3.8) is 0 Å². The molecule has 3 aromatic rings. The highest BCUT2D eigenvalue weighted by molar-refractivity contribution is 6.31. The van der Waals surface area contributed by atoms with Crippen LogP contribution in [0.1, 0.15) is 47.8 Å². The van der Waals surface area contributed by atoms with Gasteiger partial charge in [-0.25, -0.2) is 0 Å². The molecule has 0 heterocycles. The van der Waals surface area contributed by atoms with Crippen LogP contribution in [0.4, 0.5) is 0 Å². The van der Waals surface area contributed by atoms with Crippen molar-refractivity contribution in [2.45, 2.75) is 39.3 Å². The summed E-state index contributed by atoms with van der Waals surface area (Å²) in [6.07, 6.45) is 0. The maximum atomic E-state index is 12.7. The number of carbonyl (C=O) groups is 1. The van der Waals surface area contributed by atoms with E-state index < -0.39 is 0 Å². The number of amides is 1. The quantitative estimate of drug-likeness (QED) is 0.481. The number of halogens is 1. The summed E-state index contributed by atoms with van der Waals surface area (Å²) in [5.74, 6) is 1.26. The largest absolute Gasteiger partial charge is 0.496 e. The number of rotatable bonds is 7. The third-order valence-corrected chi connectivity index (χ3v) is 5.42. The van der Waals surface area contributed by atoms with Gasteiger partial charge in [-0.3, -0.25) is 4.79 Å². The van der Waals surface area contributed by atoms with Crippen LogP contribution in [0, 0.1) is 0 Å². The van der Waals surface area contributed by atoms with E-state index in [1.54, 1.807) is 31.4 Å². The summed E-state index contributed by atoms with van der Waals surface area (Å²) in [6.45, 7) is 7.18.